The first kappa shape index (κ1) is 45.1. The quantitative estimate of drug-likeness (QED) is 0.164. The number of hydrogen-bond donors (Lipinski definition) is 0. The monoisotopic (exact) mass is 962 g/mol. The van der Waals surface area contributed by atoms with Gasteiger partial charge < -0.3 is 18.7 Å². The highest BCUT2D eigenvalue weighted by Crippen LogP contribution is 2.53. The van der Waals surface area contributed by atoms with E-state index in [-0.39, 0.29) is 28.5 Å². The van der Waals surface area contributed by atoms with Crippen molar-refractivity contribution < 1.29 is 4.42 Å². The summed E-state index contributed by atoms with van der Waals surface area (Å²) in [6.07, 6.45) is 2.32. The van der Waals surface area contributed by atoms with Crippen molar-refractivity contribution in [3.8, 4) is 16.8 Å². The second-order valence-electron chi connectivity index (χ2n) is 25.3. The molecule has 5 heteroatoms. The molecule has 14 rings (SSSR count). The molecule has 0 amide bonds. The molecule has 0 atom stereocenters. The highest BCUT2D eigenvalue weighted by atomic mass is 16.3. The summed E-state index contributed by atoms with van der Waals surface area (Å²) in [6, 6.07) is 62.8. The van der Waals surface area contributed by atoms with Crippen LogP contribution in [-0.4, -0.2) is 11.4 Å². The van der Waals surface area contributed by atoms with Crippen LogP contribution in [0.15, 0.2) is 168 Å². The van der Waals surface area contributed by atoms with Crippen molar-refractivity contribution in [2.45, 2.75) is 111 Å². The molecule has 74 heavy (non-hydrogen) atoms. The van der Waals surface area contributed by atoms with Crippen LogP contribution in [0.5, 0.6) is 0 Å². The molecule has 0 bridgehead atoms. The van der Waals surface area contributed by atoms with Gasteiger partial charge in [0.15, 0.2) is 5.58 Å². The van der Waals surface area contributed by atoms with Gasteiger partial charge in [-0.2, -0.15) is 0 Å². The van der Waals surface area contributed by atoms with Crippen molar-refractivity contribution in [3.05, 3.63) is 192 Å². The molecule has 9 aromatic carbocycles. The summed E-state index contributed by atoms with van der Waals surface area (Å²) >= 11 is 0. The fourth-order valence-corrected chi connectivity index (χ4v) is 13.4. The number of benzene rings is 9. The van der Waals surface area contributed by atoms with Crippen LogP contribution in [0.2, 0.25) is 0 Å². The Kier molecular flexibility index (Phi) is 9.33. The first-order valence-electron chi connectivity index (χ1n) is 26.9. The molecule has 0 unspecified atom stereocenters. The number of furan rings is 1. The van der Waals surface area contributed by atoms with E-state index in [0.29, 0.717) is 0 Å². The van der Waals surface area contributed by atoms with E-state index >= 15 is 0 Å². The molecule has 0 fully saturated rings. The summed E-state index contributed by atoms with van der Waals surface area (Å²) in [6.45, 7) is 25.8. The minimum Gasteiger partial charge on any atom is -0.454 e. The van der Waals surface area contributed by atoms with Gasteiger partial charge in [-0.3, -0.25) is 0 Å². The molecule has 1 aliphatic carbocycles. The van der Waals surface area contributed by atoms with Gasteiger partial charge in [-0.1, -0.05) is 160 Å². The highest BCUT2D eigenvalue weighted by molar-refractivity contribution is 6.94. The van der Waals surface area contributed by atoms with Gasteiger partial charge in [-0.05, 0) is 169 Å². The standard InChI is InChI=1S/C69H64BN3O/c1-41-35-55-56(69(10,11)34-33-68(55,8)9)40-59(41)73-58-32-31-48(71(46-27-23-44(24-28-46)66(2,3)4)47-29-25-45(26-30-47)67(5,6)7)38-52(58)53-39-54-49-19-14-15-22-61(49)74-65(54)64-62(53)70(73)57-21-16-20-50-51-36-42-17-12-13-18-43(42)37-60(51)72(64)63(50)57/h12-32,35-40H,33-34H2,1-11H3. The van der Waals surface area contributed by atoms with Crippen LogP contribution in [0.4, 0.5) is 28.4 Å². The molecule has 4 heterocycles. The lowest BCUT2D eigenvalue weighted by Gasteiger charge is -2.46. The third kappa shape index (κ3) is 6.47. The van der Waals surface area contributed by atoms with Crippen molar-refractivity contribution in [3.63, 3.8) is 0 Å². The van der Waals surface area contributed by atoms with E-state index in [1.807, 2.05) is 0 Å². The Balaban J connectivity index is 1.12. The Bertz CT molecular complexity index is 4120. The summed E-state index contributed by atoms with van der Waals surface area (Å²) in [7, 11) is 0. The van der Waals surface area contributed by atoms with Crippen molar-refractivity contribution >= 4 is 101 Å². The lowest BCUT2D eigenvalue weighted by Crippen LogP contribution is -2.60. The van der Waals surface area contributed by atoms with Crippen molar-refractivity contribution in [1.82, 2.24) is 4.57 Å². The van der Waals surface area contributed by atoms with Crippen LogP contribution in [-0.2, 0) is 21.7 Å². The molecule has 2 aliphatic heterocycles. The molecule has 0 N–H and O–H groups in total. The first-order valence-corrected chi connectivity index (χ1v) is 26.9. The third-order valence-corrected chi connectivity index (χ3v) is 17.6. The van der Waals surface area contributed by atoms with E-state index in [4.69, 9.17) is 4.42 Å². The number of para-hydroxylation sites is 2. The largest absolute Gasteiger partial charge is 0.454 e. The van der Waals surface area contributed by atoms with Crippen LogP contribution >= 0.6 is 0 Å². The zero-order valence-electron chi connectivity index (χ0n) is 44.8. The Labute approximate surface area is 436 Å². The zero-order valence-corrected chi connectivity index (χ0v) is 44.8. The second kappa shape index (κ2) is 15.3. The van der Waals surface area contributed by atoms with Crippen LogP contribution in [0.3, 0.4) is 0 Å². The van der Waals surface area contributed by atoms with Gasteiger partial charge in [0.2, 0.25) is 0 Å². The summed E-state index contributed by atoms with van der Waals surface area (Å²) in [5.74, 6) is 0. The summed E-state index contributed by atoms with van der Waals surface area (Å²) in [5.41, 5.74) is 23.3. The number of anilines is 5. The number of aryl methyl sites for hydroxylation is 1. The van der Waals surface area contributed by atoms with Gasteiger partial charge in [-0.15, -0.1) is 0 Å². The lowest BCUT2D eigenvalue weighted by atomic mass is 9.43. The normalized spacial score (nSPS) is 15.6. The first-order chi connectivity index (χ1) is 35.4. The Morgan fingerprint density at radius 3 is 1.78 bits per heavy atom. The van der Waals surface area contributed by atoms with E-state index in [1.165, 1.54) is 100 Å². The van der Waals surface area contributed by atoms with Crippen molar-refractivity contribution in [1.29, 1.82) is 0 Å². The van der Waals surface area contributed by atoms with Crippen molar-refractivity contribution in [2.75, 3.05) is 9.71 Å². The molecular weight excluding hydrogens is 898 g/mol. The Morgan fingerprint density at radius 2 is 1.12 bits per heavy atom. The van der Waals surface area contributed by atoms with Gasteiger partial charge >= 0.3 is 6.85 Å². The number of rotatable bonds is 4. The maximum atomic E-state index is 7.25. The maximum absolute atomic E-state index is 7.25. The predicted octanol–water partition coefficient (Wildman–Crippen LogP) is 17.8. The van der Waals surface area contributed by atoms with Gasteiger partial charge in [0, 0.05) is 55.5 Å². The van der Waals surface area contributed by atoms with Crippen LogP contribution in [0, 0.1) is 6.92 Å². The number of aromatic nitrogens is 1. The Morgan fingerprint density at radius 1 is 0.527 bits per heavy atom. The molecule has 2 aromatic heterocycles. The van der Waals surface area contributed by atoms with E-state index < -0.39 is 0 Å². The molecule has 0 saturated carbocycles. The van der Waals surface area contributed by atoms with E-state index in [1.54, 1.807) is 0 Å². The summed E-state index contributed by atoms with van der Waals surface area (Å²) < 4.78 is 9.84. The van der Waals surface area contributed by atoms with E-state index in [0.717, 1.165) is 51.1 Å². The third-order valence-electron chi connectivity index (χ3n) is 17.6. The van der Waals surface area contributed by atoms with Gasteiger partial charge in [0.1, 0.15) is 5.58 Å². The lowest BCUT2D eigenvalue weighted by molar-refractivity contribution is 0.332. The summed E-state index contributed by atoms with van der Waals surface area (Å²) in [5, 5.41) is 7.26. The number of fused-ring (bicyclic) bond motifs is 13. The minimum atomic E-state index is -0.159. The fourth-order valence-electron chi connectivity index (χ4n) is 13.4. The average Bonchev–Trinajstić information content (AvgIpc) is 3.91. The summed E-state index contributed by atoms with van der Waals surface area (Å²) in [4.78, 5) is 5.20. The SMILES string of the molecule is Cc1cc2c(cc1N1B3c4c(cc5c(oc6ccccc65)c4-n4c5cc6ccccc6cc5c5cccc3c54)-c3cc(N(c4ccc(C(C)(C)C)cc4)c4ccc(C(C)(C)C)cc4)ccc31)C(C)(C)CCC2(C)C. The molecule has 364 valence electrons. The number of nitrogens with zero attached hydrogens (tertiary/aromatic N) is 3. The second-order valence-corrected chi connectivity index (χ2v) is 25.3. The molecule has 0 saturated heterocycles. The Hall–Kier alpha value is -7.50. The number of hydrogen-bond acceptors (Lipinski definition) is 3. The molecule has 3 aliphatic rings. The predicted molar refractivity (Wildman–Crippen MR) is 317 cm³/mol. The minimum absolute atomic E-state index is 0.0197. The smallest absolute Gasteiger partial charge is 0.333 e. The maximum Gasteiger partial charge on any atom is 0.333 e. The average molecular weight is 962 g/mol. The van der Waals surface area contributed by atoms with Gasteiger partial charge in [-0.25, -0.2) is 0 Å². The molecule has 0 spiro atoms. The topological polar surface area (TPSA) is 24.6 Å². The van der Waals surface area contributed by atoms with Gasteiger partial charge in [0.25, 0.3) is 0 Å². The van der Waals surface area contributed by atoms with Crippen LogP contribution in [0.25, 0.3) is 71.3 Å². The van der Waals surface area contributed by atoms with Gasteiger partial charge in [0.05, 0.1) is 16.7 Å². The molecular formula is C69H64BN3O. The molecule has 0 radical (unpaired) electrons. The highest BCUT2D eigenvalue weighted by Gasteiger charge is 2.47. The van der Waals surface area contributed by atoms with Crippen LogP contribution in [0.1, 0.15) is 110 Å². The van der Waals surface area contributed by atoms with E-state index in [9.17, 15) is 0 Å². The zero-order chi connectivity index (χ0) is 51.0. The molecule has 11 aromatic rings. The van der Waals surface area contributed by atoms with Crippen LogP contribution < -0.4 is 20.6 Å². The fraction of sp³-hybridized carbons (Fsp3) is 0.246. The van der Waals surface area contributed by atoms with E-state index in [2.05, 4.69) is 254 Å². The molecule has 4 nitrogen and oxygen atoms in total. The van der Waals surface area contributed by atoms with Crippen molar-refractivity contribution in [2.24, 2.45) is 0 Å².